The molecule has 0 bridgehead atoms. The van der Waals surface area contributed by atoms with Crippen LogP contribution in [0.15, 0.2) is 36.5 Å². The van der Waals surface area contributed by atoms with Crippen molar-refractivity contribution < 1.29 is 0 Å². The molecule has 0 N–H and O–H groups in total. The summed E-state index contributed by atoms with van der Waals surface area (Å²) in [6.45, 7) is 0.741. The second kappa shape index (κ2) is 4.63. The summed E-state index contributed by atoms with van der Waals surface area (Å²) in [5, 5.41) is 9.72. The molecule has 1 heterocycles. The van der Waals surface area contributed by atoms with Gasteiger partial charge in [0, 0.05) is 30.9 Å². The van der Waals surface area contributed by atoms with Gasteiger partial charge < -0.3 is 4.90 Å². The van der Waals surface area contributed by atoms with Gasteiger partial charge in [0.15, 0.2) is 0 Å². The zero-order valence-electron chi connectivity index (χ0n) is 9.22. The lowest BCUT2D eigenvalue weighted by atomic mass is 10.1. The second-order valence-corrected chi connectivity index (χ2v) is 3.68. The van der Waals surface area contributed by atoms with Crippen LogP contribution in [-0.2, 0) is 0 Å². The van der Waals surface area contributed by atoms with Gasteiger partial charge in [0.2, 0.25) is 0 Å². The number of fused-ring (bicyclic) bond motifs is 1. The number of para-hydroxylation sites is 1. The standard InChI is InChI=1S/C13H13N3/c1-16(10-4-8-14)13-7-9-15-12-6-3-2-5-11(12)13/h2-3,5-7,9H,4,10H2,1H3. The third kappa shape index (κ3) is 1.96. The Hall–Kier alpha value is -2.08. The molecule has 0 amide bonds. The second-order valence-electron chi connectivity index (χ2n) is 3.68. The molecule has 2 aromatic rings. The summed E-state index contributed by atoms with van der Waals surface area (Å²) in [5.74, 6) is 0. The van der Waals surface area contributed by atoms with E-state index in [1.54, 1.807) is 6.20 Å². The van der Waals surface area contributed by atoms with Gasteiger partial charge in [-0.05, 0) is 12.1 Å². The molecule has 0 fully saturated rings. The molecule has 0 radical (unpaired) electrons. The average molecular weight is 211 g/mol. The van der Waals surface area contributed by atoms with Gasteiger partial charge >= 0.3 is 0 Å². The molecule has 0 aliphatic carbocycles. The Kier molecular flexibility index (Phi) is 3.02. The zero-order valence-corrected chi connectivity index (χ0v) is 9.22. The lowest BCUT2D eigenvalue weighted by Gasteiger charge is -2.19. The third-order valence-corrected chi connectivity index (χ3v) is 2.60. The van der Waals surface area contributed by atoms with Crippen molar-refractivity contribution in [3.63, 3.8) is 0 Å². The molecule has 1 aromatic carbocycles. The Morgan fingerprint density at radius 1 is 1.31 bits per heavy atom. The fourth-order valence-corrected chi connectivity index (χ4v) is 1.75. The number of anilines is 1. The van der Waals surface area contributed by atoms with Gasteiger partial charge in [-0.25, -0.2) is 0 Å². The Morgan fingerprint density at radius 2 is 2.12 bits per heavy atom. The molecule has 3 nitrogen and oxygen atoms in total. The van der Waals surface area contributed by atoms with E-state index in [4.69, 9.17) is 5.26 Å². The predicted octanol–water partition coefficient (Wildman–Crippen LogP) is 2.58. The van der Waals surface area contributed by atoms with Crippen LogP contribution in [0.3, 0.4) is 0 Å². The number of benzene rings is 1. The van der Waals surface area contributed by atoms with Crippen LogP contribution in [0.5, 0.6) is 0 Å². The van der Waals surface area contributed by atoms with Crippen molar-refractivity contribution in [1.29, 1.82) is 5.26 Å². The number of rotatable bonds is 3. The third-order valence-electron chi connectivity index (χ3n) is 2.60. The van der Waals surface area contributed by atoms with Crippen molar-refractivity contribution in [1.82, 2.24) is 4.98 Å². The van der Waals surface area contributed by atoms with E-state index in [2.05, 4.69) is 22.0 Å². The van der Waals surface area contributed by atoms with Crippen LogP contribution in [0.2, 0.25) is 0 Å². The molecule has 16 heavy (non-hydrogen) atoms. The van der Waals surface area contributed by atoms with E-state index in [1.165, 1.54) is 0 Å². The average Bonchev–Trinajstić information content (AvgIpc) is 2.35. The van der Waals surface area contributed by atoms with Crippen LogP contribution in [0, 0.1) is 11.3 Å². The van der Waals surface area contributed by atoms with Gasteiger partial charge in [-0.3, -0.25) is 4.98 Å². The summed E-state index contributed by atoms with van der Waals surface area (Å²) < 4.78 is 0. The van der Waals surface area contributed by atoms with E-state index in [9.17, 15) is 0 Å². The maximum absolute atomic E-state index is 8.59. The van der Waals surface area contributed by atoms with E-state index in [0.29, 0.717) is 6.42 Å². The first-order chi connectivity index (χ1) is 7.83. The van der Waals surface area contributed by atoms with Gasteiger partial charge in [0.1, 0.15) is 0 Å². The quantitative estimate of drug-likeness (QED) is 0.783. The number of nitriles is 1. The minimum atomic E-state index is 0.535. The molecule has 1 aromatic heterocycles. The van der Waals surface area contributed by atoms with Crippen LogP contribution in [0.1, 0.15) is 6.42 Å². The number of hydrogen-bond donors (Lipinski definition) is 0. The van der Waals surface area contributed by atoms with Crippen LogP contribution >= 0.6 is 0 Å². The Bertz CT molecular complexity index is 523. The van der Waals surface area contributed by atoms with Crippen molar-refractivity contribution in [2.45, 2.75) is 6.42 Å². The largest absolute Gasteiger partial charge is 0.373 e. The molecular weight excluding hydrogens is 198 g/mol. The molecule has 80 valence electrons. The summed E-state index contributed by atoms with van der Waals surface area (Å²) in [5.41, 5.74) is 2.12. The molecule has 0 aliphatic heterocycles. The first-order valence-electron chi connectivity index (χ1n) is 5.25. The van der Waals surface area contributed by atoms with Crippen molar-refractivity contribution in [3.8, 4) is 6.07 Å². The first-order valence-corrected chi connectivity index (χ1v) is 5.25. The maximum atomic E-state index is 8.59. The van der Waals surface area contributed by atoms with Crippen molar-refractivity contribution >= 4 is 16.6 Å². The minimum Gasteiger partial charge on any atom is -0.373 e. The molecule has 0 atom stereocenters. The van der Waals surface area contributed by atoms with Crippen LogP contribution in [-0.4, -0.2) is 18.6 Å². The highest BCUT2D eigenvalue weighted by atomic mass is 15.1. The SMILES string of the molecule is CN(CCC#N)c1ccnc2ccccc12. The summed E-state index contributed by atoms with van der Waals surface area (Å²) in [4.78, 5) is 6.40. The first kappa shape index (κ1) is 10.4. The van der Waals surface area contributed by atoms with Gasteiger partial charge in [-0.1, -0.05) is 18.2 Å². The lowest BCUT2D eigenvalue weighted by Crippen LogP contribution is -2.18. The Labute approximate surface area is 94.9 Å². The maximum Gasteiger partial charge on any atom is 0.0722 e. The summed E-state index contributed by atoms with van der Waals surface area (Å²) in [7, 11) is 2.00. The monoisotopic (exact) mass is 211 g/mol. The highest BCUT2D eigenvalue weighted by molar-refractivity contribution is 5.91. The summed E-state index contributed by atoms with van der Waals surface area (Å²) in [6, 6.07) is 12.2. The van der Waals surface area contributed by atoms with Crippen LogP contribution < -0.4 is 4.90 Å². The van der Waals surface area contributed by atoms with Gasteiger partial charge in [0.25, 0.3) is 0 Å². The minimum absolute atomic E-state index is 0.535. The van der Waals surface area contributed by atoms with E-state index < -0.39 is 0 Å². The van der Waals surface area contributed by atoms with E-state index in [1.807, 2.05) is 31.3 Å². The fourth-order valence-electron chi connectivity index (χ4n) is 1.75. The molecule has 0 unspecified atom stereocenters. The molecule has 0 aliphatic rings. The smallest absolute Gasteiger partial charge is 0.0722 e. The molecular formula is C13H13N3. The summed E-state index contributed by atoms with van der Waals surface area (Å²) >= 11 is 0. The molecule has 0 saturated carbocycles. The fraction of sp³-hybridized carbons (Fsp3) is 0.231. The number of hydrogen-bond acceptors (Lipinski definition) is 3. The topological polar surface area (TPSA) is 39.9 Å². The lowest BCUT2D eigenvalue weighted by molar-refractivity contribution is 0.908. The van der Waals surface area contributed by atoms with Crippen molar-refractivity contribution in [3.05, 3.63) is 36.5 Å². The normalized spacial score (nSPS) is 10.0. The van der Waals surface area contributed by atoms with E-state index >= 15 is 0 Å². The van der Waals surface area contributed by atoms with E-state index in [-0.39, 0.29) is 0 Å². The molecule has 0 spiro atoms. The van der Waals surface area contributed by atoms with Gasteiger partial charge in [0.05, 0.1) is 18.0 Å². The summed E-state index contributed by atoms with van der Waals surface area (Å²) in [6.07, 6.45) is 2.34. The Morgan fingerprint density at radius 3 is 2.94 bits per heavy atom. The van der Waals surface area contributed by atoms with E-state index in [0.717, 1.165) is 23.1 Å². The number of aromatic nitrogens is 1. The molecule has 3 heteroatoms. The highest BCUT2D eigenvalue weighted by Crippen LogP contribution is 2.23. The predicted molar refractivity (Wildman–Crippen MR) is 65.2 cm³/mol. The van der Waals surface area contributed by atoms with Gasteiger partial charge in [-0.2, -0.15) is 5.26 Å². The van der Waals surface area contributed by atoms with Gasteiger partial charge in [-0.15, -0.1) is 0 Å². The number of nitrogens with zero attached hydrogens (tertiary/aromatic N) is 3. The molecule has 2 rings (SSSR count). The highest BCUT2D eigenvalue weighted by Gasteiger charge is 2.05. The zero-order chi connectivity index (χ0) is 11.4. The van der Waals surface area contributed by atoms with Crippen LogP contribution in [0.25, 0.3) is 10.9 Å². The van der Waals surface area contributed by atoms with Crippen molar-refractivity contribution in [2.24, 2.45) is 0 Å². The number of pyridine rings is 1. The van der Waals surface area contributed by atoms with Crippen molar-refractivity contribution in [2.75, 3.05) is 18.5 Å². The Balaban J connectivity index is 2.40. The molecule has 0 saturated heterocycles. The van der Waals surface area contributed by atoms with Crippen LogP contribution in [0.4, 0.5) is 5.69 Å².